The summed E-state index contributed by atoms with van der Waals surface area (Å²) >= 11 is 0. The van der Waals surface area contributed by atoms with Gasteiger partial charge in [-0.15, -0.1) is 0 Å². The van der Waals surface area contributed by atoms with Crippen LogP contribution in [0.5, 0.6) is 5.75 Å². The first-order chi connectivity index (χ1) is 9.69. The normalized spacial score (nSPS) is 18.7. The molecule has 1 aromatic rings. The molecule has 110 valence electrons. The van der Waals surface area contributed by atoms with Crippen LogP contribution < -0.4 is 20.7 Å². The molecule has 2 rings (SSSR count). The third kappa shape index (κ3) is 2.76. The van der Waals surface area contributed by atoms with E-state index in [2.05, 4.69) is 15.3 Å². The molecule has 0 spiro atoms. The van der Waals surface area contributed by atoms with Crippen molar-refractivity contribution < 1.29 is 9.53 Å². The van der Waals surface area contributed by atoms with Crippen molar-refractivity contribution in [3.63, 3.8) is 0 Å². The van der Waals surface area contributed by atoms with Crippen LogP contribution in [0.2, 0.25) is 0 Å². The van der Waals surface area contributed by atoms with Gasteiger partial charge in [-0.05, 0) is 26.2 Å². The number of methoxy groups -OCH3 is 1. The molecule has 7 nitrogen and oxygen atoms in total. The van der Waals surface area contributed by atoms with Crippen LogP contribution >= 0.6 is 0 Å². The maximum atomic E-state index is 11.6. The number of nitrogens with one attached hydrogen (secondary N) is 1. The molecule has 1 aromatic heterocycles. The number of aromatic nitrogens is 2. The van der Waals surface area contributed by atoms with Crippen molar-refractivity contribution in [1.82, 2.24) is 9.97 Å². The van der Waals surface area contributed by atoms with E-state index >= 15 is 0 Å². The predicted molar refractivity (Wildman–Crippen MR) is 76.9 cm³/mol. The molecule has 1 atom stereocenters. The first kappa shape index (κ1) is 14.4. The number of primary amides is 1. The number of hydrogen-bond acceptors (Lipinski definition) is 6. The van der Waals surface area contributed by atoms with Gasteiger partial charge in [0.1, 0.15) is 12.4 Å². The van der Waals surface area contributed by atoms with Gasteiger partial charge in [0.2, 0.25) is 11.7 Å². The second-order valence-corrected chi connectivity index (χ2v) is 4.72. The minimum atomic E-state index is -0.331. The van der Waals surface area contributed by atoms with Crippen LogP contribution in [0.1, 0.15) is 26.2 Å². The number of rotatable bonds is 5. The standard InChI is InChI=1S/C13H21N5O2/c1-3-15-12-10(20-2)13(17-8-16-12)18-7-5-4-6-9(18)11(14)19/h8-9H,3-7H2,1-2H3,(H2,14,19)(H,15,16,17). The number of ether oxygens (including phenoxy) is 1. The summed E-state index contributed by atoms with van der Waals surface area (Å²) < 4.78 is 5.43. The number of nitrogens with two attached hydrogens (primary N) is 1. The van der Waals surface area contributed by atoms with E-state index in [4.69, 9.17) is 10.5 Å². The minimum absolute atomic E-state index is 0.324. The number of carbonyl (C=O) groups excluding carboxylic acids is 1. The van der Waals surface area contributed by atoms with E-state index in [1.54, 1.807) is 7.11 Å². The largest absolute Gasteiger partial charge is 0.490 e. The average Bonchev–Trinajstić information content (AvgIpc) is 2.47. The van der Waals surface area contributed by atoms with Crippen LogP contribution in [0.3, 0.4) is 0 Å². The van der Waals surface area contributed by atoms with Crippen LogP contribution in [0.25, 0.3) is 0 Å². The molecule has 1 amide bonds. The summed E-state index contributed by atoms with van der Waals surface area (Å²) in [6, 6.07) is -0.331. The second-order valence-electron chi connectivity index (χ2n) is 4.72. The molecular formula is C13H21N5O2. The van der Waals surface area contributed by atoms with Gasteiger partial charge in [0.15, 0.2) is 11.6 Å². The van der Waals surface area contributed by atoms with Crippen molar-refractivity contribution in [3.05, 3.63) is 6.33 Å². The van der Waals surface area contributed by atoms with E-state index < -0.39 is 0 Å². The van der Waals surface area contributed by atoms with Crippen molar-refractivity contribution in [2.45, 2.75) is 32.2 Å². The van der Waals surface area contributed by atoms with Gasteiger partial charge in [0, 0.05) is 13.1 Å². The molecule has 1 saturated heterocycles. The zero-order chi connectivity index (χ0) is 14.5. The molecule has 20 heavy (non-hydrogen) atoms. The Morgan fingerprint density at radius 3 is 3.00 bits per heavy atom. The molecule has 1 aliphatic heterocycles. The predicted octanol–water partition coefficient (Wildman–Crippen LogP) is 0.761. The maximum Gasteiger partial charge on any atom is 0.240 e. The Hall–Kier alpha value is -2.05. The Morgan fingerprint density at radius 2 is 2.35 bits per heavy atom. The summed E-state index contributed by atoms with van der Waals surface area (Å²) in [5.74, 6) is 1.49. The van der Waals surface area contributed by atoms with E-state index in [0.717, 1.165) is 32.4 Å². The van der Waals surface area contributed by atoms with E-state index in [9.17, 15) is 4.79 Å². The van der Waals surface area contributed by atoms with E-state index in [0.29, 0.717) is 17.4 Å². The smallest absolute Gasteiger partial charge is 0.240 e. The Bertz CT molecular complexity index is 480. The topological polar surface area (TPSA) is 93.4 Å². The van der Waals surface area contributed by atoms with Gasteiger partial charge >= 0.3 is 0 Å². The highest BCUT2D eigenvalue weighted by molar-refractivity contribution is 5.84. The highest BCUT2D eigenvalue weighted by atomic mass is 16.5. The monoisotopic (exact) mass is 279 g/mol. The fourth-order valence-electron chi connectivity index (χ4n) is 2.53. The summed E-state index contributed by atoms with van der Waals surface area (Å²) in [7, 11) is 1.58. The van der Waals surface area contributed by atoms with Crippen molar-refractivity contribution in [3.8, 4) is 5.75 Å². The lowest BCUT2D eigenvalue weighted by Gasteiger charge is -2.35. The molecule has 1 fully saturated rings. The van der Waals surface area contributed by atoms with Crippen LogP contribution in [-0.4, -0.2) is 42.1 Å². The Labute approximate surface area is 118 Å². The van der Waals surface area contributed by atoms with Crippen LogP contribution in [0.15, 0.2) is 6.33 Å². The molecule has 3 N–H and O–H groups in total. The number of amides is 1. The summed E-state index contributed by atoms with van der Waals surface area (Å²) in [6.45, 7) is 3.45. The maximum absolute atomic E-state index is 11.6. The minimum Gasteiger partial charge on any atom is -0.490 e. The number of hydrogen-bond donors (Lipinski definition) is 2. The third-order valence-electron chi connectivity index (χ3n) is 3.44. The zero-order valence-corrected chi connectivity index (χ0v) is 11.9. The van der Waals surface area contributed by atoms with Crippen LogP contribution in [0.4, 0.5) is 11.6 Å². The van der Waals surface area contributed by atoms with Gasteiger partial charge in [0.05, 0.1) is 7.11 Å². The van der Waals surface area contributed by atoms with Crippen LogP contribution in [0, 0.1) is 0 Å². The number of carbonyl (C=O) groups is 1. The molecule has 0 bridgehead atoms. The Morgan fingerprint density at radius 1 is 1.55 bits per heavy atom. The van der Waals surface area contributed by atoms with Crippen molar-refractivity contribution in [2.24, 2.45) is 5.73 Å². The quantitative estimate of drug-likeness (QED) is 0.826. The van der Waals surface area contributed by atoms with Crippen molar-refractivity contribution >= 4 is 17.5 Å². The molecule has 1 unspecified atom stereocenters. The molecular weight excluding hydrogens is 258 g/mol. The van der Waals surface area contributed by atoms with E-state index in [1.807, 2.05) is 11.8 Å². The fourth-order valence-corrected chi connectivity index (χ4v) is 2.53. The summed E-state index contributed by atoms with van der Waals surface area (Å²) in [4.78, 5) is 22.0. The molecule has 0 saturated carbocycles. The van der Waals surface area contributed by atoms with Gasteiger partial charge in [-0.25, -0.2) is 9.97 Å². The molecule has 0 aromatic carbocycles. The summed E-state index contributed by atoms with van der Waals surface area (Å²) in [5.41, 5.74) is 5.50. The van der Waals surface area contributed by atoms with Gasteiger partial charge in [-0.3, -0.25) is 4.79 Å². The number of anilines is 2. The second kappa shape index (κ2) is 6.40. The SMILES string of the molecule is CCNc1ncnc(N2CCCCC2C(N)=O)c1OC. The number of piperidine rings is 1. The van der Waals surface area contributed by atoms with Crippen molar-refractivity contribution in [2.75, 3.05) is 30.4 Å². The molecule has 2 heterocycles. The number of nitrogens with zero attached hydrogens (tertiary/aromatic N) is 3. The highest BCUT2D eigenvalue weighted by Crippen LogP contribution is 2.35. The average molecular weight is 279 g/mol. The first-order valence-electron chi connectivity index (χ1n) is 6.87. The molecule has 0 radical (unpaired) electrons. The van der Waals surface area contributed by atoms with Gasteiger partial charge in [-0.2, -0.15) is 0 Å². The van der Waals surface area contributed by atoms with Gasteiger partial charge < -0.3 is 20.7 Å². The Kier molecular flexibility index (Phi) is 4.60. The molecule has 0 aliphatic carbocycles. The molecule has 7 heteroatoms. The third-order valence-corrected chi connectivity index (χ3v) is 3.44. The van der Waals surface area contributed by atoms with Crippen molar-refractivity contribution in [1.29, 1.82) is 0 Å². The van der Waals surface area contributed by atoms with Gasteiger partial charge in [-0.1, -0.05) is 0 Å². The molecule has 1 aliphatic rings. The van der Waals surface area contributed by atoms with E-state index in [-0.39, 0.29) is 11.9 Å². The lowest BCUT2D eigenvalue weighted by Crippen LogP contribution is -2.48. The lowest BCUT2D eigenvalue weighted by molar-refractivity contribution is -0.119. The summed E-state index contributed by atoms with van der Waals surface area (Å²) in [5, 5.41) is 3.13. The fraction of sp³-hybridized carbons (Fsp3) is 0.615. The van der Waals surface area contributed by atoms with Gasteiger partial charge in [0.25, 0.3) is 0 Å². The highest BCUT2D eigenvalue weighted by Gasteiger charge is 2.30. The van der Waals surface area contributed by atoms with E-state index in [1.165, 1.54) is 6.33 Å². The Balaban J connectivity index is 2.39. The summed E-state index contributed by atoms with van der Waals surface area (Å²) in [6.07, 6.45) is 4.23. The van der Waals surface area contributed by atoms with Crippen LogP contribution in [-0.2, 0) is 4.79 Å². The first-order valence-corrected chi connectivity index (χ1v) is 6.87. The zero-order valence-electron chi connectivity index (χ0n) is 11.9. The lowest BCUT2D eigenvalue weighted by atomic mass is 10.0.